The lowest BCUT2D eigenvalue weighted by Crippen LogP contribution is -2.52. The zero-order chi connectivity index (χ0) is 16.0. The fourth-order valence-electron chi connectivity index (χ4n) is 3.33. The Morgan fingerprint density at radius 3 is 2.05 bits per heavy atom. The van der Waals surface area contributed by atoms with E-state index in [1.54, 1.807) is 14.2 Å². The van der Waals surface area contributed by atoms with E-state index in [4.69, 9.17) is 9.47 Å². The maximum Gasteiger partial charge on any atom is 0.161 e. The summed E-state index contributed by atoms with van der Waals surface area (Å²) in [5.74, 6) is 1.54. The molecule has 0 amide bonds. The van der Waals surface area contributed by atoms with Crippen LogP contribution in [0, 0.1) is 0 Å². The topological polar surface area (TPSA) is 33.7 Å². The van der Waals surface area contributed by atoms with Crippen molar-refractivity contribution in [2.45, 2.75) is 38.3 Å². The number of likely N-dealkylation sites (N-methyl/N-ethyl adjacent to an activating group) is 2. The molecule has 0 bridgehead atoms. The Balaban J connectivity index is 3.32. The lowest BCUT2D eigenvalue weighted by atomic mass is 9.79. The van der Waals surface area contributed by atoms with Gasteiger partial charge in [0.25, 0.3) is 0 Å². The number of nitrogens with one attached hydrogen (secondary N) is 1. The predicted molar refractivity (Wildman–Crippen MR) is 88.3 cm³/mol. The van der Waals surface area contributed by atoms with E-state index < -0.39 is 0 Å². The highest BCUT2D eigenvalue weighted by Crippen LogP contribution is 2.38. The van der Waals surface area contributed by atoms with E-state index in [-0.39, 0.29) is 11.6 Å². The smallest absolute Gasteiger partial charge is 0.161 e. The van der Waals surface area contributed by atoms with Crippen molar-refractivity contribution in [1.29, 1.82) is 0 Å². The Morgan fingerprint density at radius 1 is 1.10 bits per heavy atom. The van der Waals surface area contributed by atoms with Gasteiger partial charge in [0.05, 0.1) is 20.3 Å². The Labute approximate surface area is 129 Å². The van der Waals surface area contributed by atoms with Crippen LogP contribution >= 0.6 is 0 Å². The van der Waals surface area contributed by atoms with Crippen LogP contribution in [0.4, 0.5) is 0 Å². The first-order valence-corrected chi connectivity index (χ1v) is 7.57. The van der Waals surface area contributed by atoms with Crippen LogP contribution in [-0.2, 0) is 0 Å². The van der Waals surface area contributed by atoms with Gasteiger partial charge in [0.2, 0.25) is 0 Å². The van der Waals surface area contributed by atoms with Crippen molar-refractivity contribution < 1.29 is 9.47 Å². The summed E-state index contributed by atoms with van der Waals surface area (Å²) < 4.78 is 10.8. The van der Waals surface area contributed by atoms with E-state index in [0.29, 0.717) is 0 Å². The van der Waals surface area contributed by atoms with Gasteiger partial charge in [-0.05, 0) is 51.7 Å². The number of ether oxygens (including phenoxy) is 2. The molecular weight excluding hydrogens is 264 g/mol. The molecule has 0 fully saturated rings. The van der Waals surface area contributed by atoms with Gasteiger partial charge in [0, 0.05) is 5.54 Å². The SMILES string of the molecule is CCC(CC)(C(NC)c1ccc(OC)c(OC)c1)N(C)C. The quantitative estimate of drug-likeness (QED) is 0.799. The summed E-state index contributed by atoms with van der Waals surface area (Å²) in [4.78, 5) is 2.32. The summed E-state index contributed by atoms with van der Waals surface area (Å²) in [5.41, 5.74) is 1.28. The van der Waals surface area contributed by atoms with Crippen LogP contribution in [0.1, 0.15) is 38.3 Å². The monoisotopic (exact) mass is 294 g/mol. The van der Waals surface area contributed by atoms with Gasteiger partial charge in [-0.3, -0.25) is 0 Å². The number of nitrogens with zero attached hydrogens (tertiary/aromatic N) is 1. The maximum absolute atomic E-state index is 5.45. The maximum atomic E-state index is 5.45. The van der Waals surface area contributed by atoms with Gasteiger partial charge in [0.1, 0.15) is 0 Å². The van der Waals surface area contributed by atoms with Crippen molar-refractivity contribution in [1.82, 2.24) is 10.2 Å². The van der Waals surface area contributed by atoms with Crippen molar-refractivity contribution in [3.8, 4) is 11.5 Å². The van der Waals surface area contributed by atoms with Gasteiger partial charge in [-0.15, -0.1) is 0 Å². The molecule has 0 heterocycles. The summed E-state index contributed by atoms with van der Waals surface area (Å²) in [7, 11) is 9.66. The molecule has 0 saturated heterocycles. The molecule has 1 unspecified atom stereocenters. The average Bonchev–Trinajstić information content (AvgIpc) is 2.51. The highest BCUT2D eigenvalue weighted by molar-refractivity contribution is 5.44. The van der Waals surface area contributed by atoms with Crippen LogP contribution in [0.3, 0.4) is 0 Å². The Hall–Kier alpha value is -1.26. The summed E-state index contributed by atoms with van der Waals surface area (Å²) in [6.07, 6.45) is 2.13. The van der Waals surface area contributed by atoms with Gasteiger partial charge in [0.15, 0.2) is 11.5 Å². The molecular formula is C17H30N2O2. The number of hydrogen-bond donors (Lipinski definition) is 1. The molecule has 0 radical (unpaired) electrons. The second-order valence-corrected chi connectivity index (χ2v) is 5.54. The van der Waals surface area contributed by atoms with Crippen LogP contribution < -0.4 is 14.8 Å². The van der Waals surface area contributed by atoms with Crippen LogP contribution in [-0.4, -0.2) is 45.8 Å². The molecule has 0 saturated carbocycles. The summed E-state index contributed by atoms with van der Waals surface area (Å²) >= 11 is 0. The number of rotatable bonds is 8. The molecule has 4 heteroatoms. The zero-order valence-electron chi connectivity index (χ0n) is 14.5. The third kappa shape index (κ3) is 3.33. The van der Waals surface area contributed by atoms with E-state index in [9.17, 15) is 0 Å². The van der Waals surface area contributed by atoms with E-state index in [1.807, 2.05) is 13.1 Å². The Morgan fingerprint density at radius 2 is 1.67 bits per heavy atom. The highest BCUT2D eigenvalue weighted by Gasteiger charge is 2.38. The minimum atomic E-state index is 0.0638. The molecule has 21 heavy (non-hydrogen) atoms. The molecule has 4 nitrogen and oxygen atoms in total. The van der Waals surface area contributed by atoms with Crippen molar-refractivity contribution >= 4 is 0 Å². The van der Waals surface area contributed by atoms with Crippen LogP contribution in [0.25, 0.3) is 0 Å². The molecule has 1 aromatic rings. The van der Waals surface area contributed by atoms with Crippen molar-refractivity contribution in [3.63, 3.8) is 0 Å². The highest BCUT2D eigenvalue weighted by atomic mass is 16.5. The van der Waals surface area contributed by atoms with Crippen molar-refractivity contribution in [3.05, 3.63) is 23.8 Å². The largest absolute Gasteiger partial charge is 0.493 e. The van der Waals surface area contributed by atoms with Gasteiger partial charge in [-0.25, -0.2) is 0 Å². The van der Waals surface area contributed by atoms with E-state index in [0.717, 1.165) is 24.3 Å². The van der Waals surface area contributed by atoms with E-state index in [1.165, 1.54) is 5.56 Å². The molecule has 0 aliphatic heterocycles. The second-order valence-electron chi connectivity index (χ2n) is 5.54. The molecule has 0 spiro atoms. The summed E-state index contributed by atoms with van der Waals surface area (Å²) in [6, 6.07) is 6.39. The Bertz CT molecular complexity index is 442. The molecule has 0 aliphatic rings. The lowest BCUT2D eigenvalue weighted by Gasteiger charge is -2.45. The summed E-state index contributed by atoms with van der Waals surface area (Å²) in [6.45, 7) is 4.49. The number of hydrogen-bond acceptors (Lipinski definition) is 4. The fourth-order valence-corrected chi connectivity index (χ4v) is 3.33. The number of methoxy groups -OCH3 is 2. The molecule has 1 rings (SSSR count). The zero-order valence-corrected chi connectivity index (χ0v) is 14.5. The first kappa shape index (κ1) is 17.8. The van der Waals surface area contributed by atoms with E-state index >= 15 is 0 Å². The van der Waals surface area contributed by atoms with E-state index in [2.05, 4.69) is 50.3 Å². The average molecular weight is 294 g/mol. The van der Waals surface area contributed by atoms with Crippen LogP contribution in [0.2, 0.25) is 0 Å². The van der Waals surface area contributed by atoms with Gasteiger partial charge in [-0.2, -0.15) is 0 Å². The van der Waals surface area contributed by atoms with Crippen LogP contribution in [0.15, 0.2) is 18.2 Å². The normalized spacial score (nSPS) is 13.3. The second kappa shape index (κ2) is 7.66. The standard InChI is InChI=1S/C17H30N2O2/c1-8-17(9-2,19(4)5)16(18-3)13-10-11-14(20-6)15(12-13)21-7/h10-12,16,18H,8-9H2,1-7H3. The minimum absolute atomic E-state index is 0.0638. The van der Waals surface area contributed by atoms with Gasteiger partial charge >= 0.3 is 0 Å². The van der Waals surface area contributed by atoms with Crippen molar-refractivity contribution in [2.75, 3.05) is 35.4 Å². The molecule has 1 atom stereocenters. The molecule has 1 N–H and O–H groups in total. The third-order valence-electron chi connectivity index (χ3n) is 4.68. The molecule has 1 aromatic carbocycles. The number of benzene rings is 1. The fraction of sp³-hybridized carbons (Fsp3) is 0.647. The minimum Gasteiger partial charge on any atom is -0.493 e. The van der Waals surface area contributed by atoms with Gasteiger partial charge < -0.3 is 19.7 Å². The molecule has 0 aromatic heterocycles. The third-order valence-corrected chi connectivity index (χ3v) is 4.68. The first-order valence-electron chi connectivity index (χ1n) is 7.57. The lowest BCUT2D eigenvalue weighted by molar-refractivity contribution is 0.0916. The Kier molecular flexibility index (Phi) is 6.49. The van der Waals surface area contributed by atoms with Gasteiger partial charge in [-0.1, -0.05) is 19.9 Å². The molecule has 120 valence electrons. The van der Waals surface area contributed by atoms with Crippen molar-refractivity contribution in [2.24, 2.45) is 0 Å². The van der Waals surface area contributed by atoms with Crippen LogP contribution in [0.5, 0.6) is 11.5 Å². The predicted octanol–water partition coefficient (Wildman–Crippen LogP) is 3.08. The first-order chi connectivity index (χ1) is 10.00. The summed E-state index contributed by atoms with van der Waals surface area (Å²) in [5, 5.41) is 3.49. The molecule has 0 aliphatic carbocycles.